The fraction of sp³-hybridized carbons (Fsp3) is 0.600. The fourth-order valence-electron chi connectivity index (χ4n) is 2.95. The summed E-state index contributed by atoms with van der Waals surface area (Å²) < 4.78 is 6.73. The molecule has 0 radical (unpaired) electrons. The Bertz CT molecular complexity index is 666. The molecule has 8 nitrogen and oxygen atoms in total. The zero-order valence-electron chi connectivity index (χ0n) is 13.2. The van der Waals surface area contributed by atoms with Crippen molar-refractivity contribution in [1.29, 1.82) is 0 Å². The molecule has 3 heterocycles. The summed E-state index contributed by atoms with van der Waals surface area (Å²) in [7, 11) is 0. The fourth-order valence-corrected chi connectivity index (χ4v) is 2.95. The van der Waals surface area contributed by atoms with Gasteiger partial charge in [0.15, 0.2) is 5.82 Å². The molecule has 0 saturated carbocycles. The molecule has 0 spiro atoms. The highest BCUT2D eigenvalue weighted by Crippen LogP contribution is 2.26. The Kier molecular flexibility index (Phi) is 4.71. The van der Waals surface area contributed by atoms with E-state index in [4.69, 9.17) is 9.63 Å². The van der Waals surface area contributed by atoms with Gasteiger partial charge in [0.25, 0.3) is 0 Å². The van der Waals surface area contributed by atoms with Crippen molar-refractivity contribution in [1.82, 2.24) is 24.8 Å². The third kappa shape index (κ3) is 3.95. The number of aliphatic carboxylic acids is 1. The Balaban J connectivity index is 1.61. The molecule has 0 aliphatic carbocycles. The van der Waals surface area contributed by atoms with Gasteiger partial charge in [0, 0.05) is 25.1 Å². The van der Waals surface area contributed by atoms with E-state index < -0.39 is 5.97 Å². The maximum atomic E-state index is 10.7. The number of aromatic nitrogens is 4. The maximum absolute atomic E-state index is 10.7. The van der Waals surface area contributed by atoms with Crippen LogP contribution in [0.1, 0.15) is 43.1 Å². The summed E-state index contributed by atoms with van der Waals surface area (Å²) in [5.41, 5.74) is 0.954. The number of rotatable bonds is 6. The third-order valence-electron chi connectivity index (χ3n) is 4.07. The van der Waals surface area contributed by atoms with Crippen LogP contribution in [-0.2, 0) is 24.3 Å². The van der Waals surface area contributed by atoms with E-state index in [1.165, 1.54) is 4.68 Å². The van der Waals surface area contributed by atoms with E-state index in [0.29, 0.717) is 18.4 Å². The predicted molar refractivity (Wildman–Crippen MR) is 80.8 cm³/mol. The number of aryl methyl sites for hydroxylation is 1. The van der Waals surface area contributed by atoms with E-state index in [2.05, 4.69) is 20.1 Å². The monoisotopic (exact) mass is 319 g/mol. The molecule has 2 aromatic rings. The molecule has 1 saturated heterocycles. The highest BCUT2D eigenvalue weighted by molar-refractivity contribution is 5.66. The number of carbonyl (C=O) groups is 1. The molecule has 0 amide bonds. The Hall–Kier alpha value is -2.22. The van der Waals surface area contributed by atoms with Gasteiger partial charge in [-0.05, 0) is 25.5 Å². The first-order valence-corrected chi connectivity index (χ1v) is 7.93. The Morgan fingerprint density at radius 3 is 3.13 bits per heavy atom. The number of nitrogens with zero attached hydrogens (tertiary/aromatic N) is 5. The number of carboxylic acid groups (broad SMARTS) is 1. The number of hydrogen-bond donors (Lipinski definition) is 1. The molecule has 23 heavy (non-hydrogen) atoms. The number of piperidine rings is 1. The lowest BCUT2D eigenvalue weighted by molar-refractivity contribution is -0.137. The van der Waals surface area contributed by atoms with E-state index in [1.807, 2.05) is 13.0 Å². The molecule has 8 heteroatoms. The predicted octanol–water partition coefficient (Wildman–Crippen LogP) is 1.29. The van der Waals surface area contributed by atoms with E-state index >= 15 is 0 Å². The van der Waals surface area contributed by atoms with Crippen LogP contribution in [0.15, 0.2) is 16.8 Å². The molecule has 1 aliphatic rings. The lowest BCUT2D eigenvalue weighted by Gasteiger charge is -2.30. The molecule has 1 N–H and O–H groups in total. The molecule has 1 atom stereocenters. The average molecular weight is 319 g/mol. The van der Waals surface area contributed by atoms with Crippen LogP contribution in [-0.4, -0.2) is 49.0 Å². The van der Waals surface area contributed by atoms with Crippen molar-refractivity contribution in [3.63, 3.8) is 0 Å². The quantitative estimate of drug-likeness (QED) is 0.856. The van der Waals surface area contributed by atoms with Gasteiger partial charge in [-0.2, -0.15) is 10.1 Å². The maximum Gasteiger partial charge on any atom is 0.325 e. The lowest BCUT2D eigenvalue weighted by atomic mass is 9.95. The summed E-state index contributed by atoms with van der Waals surface area (Å²) >= 11 is 0. The Labute approximate surface area is 134 Å². The second-order valence-corrected chi connectivity index (χ2v) is 5.86. The van der Waals surface area contributed by atoms with Crippen LogP contribution in [0.2, 0.25) is 0 Å². The minimum atomic E-state index is -0.881. The summed E-state index contributed by atoms with van der Waals surface area (Å²) in [6.45, 7) is 4.42. The Morgan fingerprint density at radius 2 is 2.39 bits per heavy atom. The van der Waals surface area contributed by atoms with Gasteiger partial charge in [-0.15, -0.1) is 0 Å². The van der Waals surface area contributed by atoms with E-state index in [0.717, 1.165) is 43.9 Å². The molecule has 0 aromatic carbocycles. The van der Waals surface area contributed by atoms with Crippen LogP contribution in [0.5, 0.6) is 0 Å². The summed E-state index contributed by atoms with van der Waals surface area (Å²) in [6.07, 6.45) is 4.64. The zero-order chi connectivity index (χ0) is 16.2. The molecular weight excluding hydrogens is 298 g/mol. The Morgan fingerprint density at radius 1 is 1.52 bits per heavy atom. The van der Waals surface area contributed by atoms with Crippen molar-refractivity contribution in [3.8, 4) is 0 Å². The largest absolute Gasteiger partial charge is 0.480 e. The van der Waals surface area contributed by atoms with Gasteiger partial charge in [-0.3, -0.25) is 14.4 Å². The summed E-state index contributed by atoms with van der Waals surface area (Å²) in [5.74, 6) is 0.820. The van der Waals surface area contributed by atoms with Gasteiger partial charge >= 0.3 is 5.97 Å². The zero-order valence-corrected chi connectivity index (χ0v) is 13.2. The van der Waals surface area contributed by atoms with Crippen molar-refractivity contribution >= 4 is 5.97 Å². The molecule has 1 fully saturated rings. The van der Waals surface area contributed by atoms with Crippen LogP contribution in [0.25, 0.3) is 0 Å². The number of carboxylic acids is 1. The van der Waals surface area contributed by atoms with E-state index in [1.54, 1.807) is 6.20 Å². The van der Waals surface area contributed by atoms with Crippen molar-refractivity contribution in [2.45, 2.75) is 45.2 Å². The number of hydrogen-bond acceptors (Lipinski definition) is 6. The summed E-state index contributed by atoms with van der Waals surface area (Å²) in [6, 6.07) is 1.92. The van der Waals surface area contributed by atoms with E-state index in [9.17, 15) is 4.79 Å². The highest BCUT2D eigenvalue weighted by atomic mass is 16.5. The standard InChI is InChI=1S/C15H21N5O3/c1-2-13-16-14(23-18-13)9-19-6-3-4-11(8-19)12-5-7-20(17-12)10-15(21)22/h5,7,11H,2-4,6,8-10H2,1H3,(H,21,22). The molecule has 3 rings (SSSR count). The molecule has 1 unspecified atom stereocenters. The van der Waals surface area contributed by atoms with Crippen LogP contribution < -0.4 is 0 Å². The van der Waals surface area contributed by atoms with Gasteiger partial charge in [-0.25, -0.2) is 0 Å². The lowest BCUT2D eigenvalue weighted by Crippen LogP contribution is -2.34. The SMILES string of the molecule is CCc1noc(CN2CCCC(c3ccn(CC(=O)O)n3)C2)n1. The van der Waals surface area contributed by atoms with Crippen LogP contribution in [0.3, 0.4) is 0 Å². The van der Waals surface area contributed by atoms with Crippen molar-refractivity contribution in [2.75, 3.05) is 13.1 Å². The second-order valence-electron chi connectivity index (χ2n) is 5.86. The van der Waals surface area contributed by atoms with Gasteiger partial charge in [-0.1, -0.05) is 12.1 Å². The van der Waals surface area contributed by atoms with Crippen LogP contribution in [0, 0.1) is 0 Å². The first-order chi connectivity index (χ1) is 11.1. The van der Waals surface area contributed by atoms with Gasteiger partial charge < -0.3 is 9.63 Å². The van der Waals surface area contributed by atoms with Gasteiger partial charge in [0.1, 0.15) is 6.54 Å². The van der Waals surface area contributed by atoms with E-state index in [-0.39, 0.29) is 6.54 Å². The third-order valence-corrected chi connectivity index (χ3v) is 4.07. The smallest absolute Gasteiger partial charge is 0.325 e. The van der Waals surface area contributed by atoms with Crippen molar-refractivity contribution in [2.24, 2.45) is 0 Å². The molecule has 0 bridgehead atoms. The van der Waals surface area contributed by atoms with Crippen molar-refractivity contribution in [3.05, 3.63) is 29.7 Å². The van der Waals surface area contributed by atoms with Gasteiger partial charge in [0.2, 0.25) is 5.89 Å². The minimum Gasteiger partial charge on any atom is -0.480 e. The second kappa shape index (κ2) is 6.91. The first kappa shape index (κ1) is 15.7. The normalized spacial score (nSPS) is 19.1. The summed E-state index contributed by atoms with van der Waals surface area (Å²) in [4.78, 5) is 17.4. The van der Waals surface area contributed by atoms with Crippen LogP contribution >= 0.6 is 0 Å². The molecular formula is C15H21N5O3. The highest BCUT2D eigenvalue weighted by Gasteiger charge is 2.24. The van der Waals surface area contributed by atoms with Crippen LogP contribution in [0.4, 0.5) is 0 Å². The molecule has 1 aliphatic heterocycles. The topological polar surface area (TPSA) is 97.3 Å². The minimum absolute atomic E-state index is 0.0990. The molecule has 124 valence electrons. The first-order valence-electron chi connectivity index (χ1n) is 7.93. The number of likely N-dealkylation sites (tertiary alicyclic amines) is 1. The molecule has 2 aromatic heterocycles. The van der Waals surface area contributed by atoms with Crippen molar-refractivity contribution < 1.29 is 14.4 Å². The van der Waals surface area contributed by atoms with Gasteiger partial charge in [0.05, 0.1) is 12.2 Å². The summed E-state index contributed by atoms with van der Waals surface area (Å²) in [5, 5.41) is 17.1. The average Bonchev–Trinajstić information content (AvgIpc) is 3.16.